The van der Waals surface area contributed by atoms with Gasteiger partial charge in [0, 0.05) is 23.5 Å². The summed E-state index contributed by atoms with van der Waals surface area (Å²) in [5.74, 6) is 0. The van der Waals surface area contributed by atoms with Crippen molar-refractivity contribution in [3.05, 3.63) is 36.1 Å². The number of fused-ring (bicyclic) bond motifs is 1. The average molecular weight is 244 g/mol. The van der Waals surface area contributed by atoms with E-state index in [4.69, 9.17) is 10.2 Å². The fourth-order valence-corrected chi connectivity index (χ4v) is 2.84. The van der Waals surface area contributed by atoms with Crippen molar-refractivity contribution in [1.82, 2.24) is 4.90 Å². The maximum absolute atomic E-state index is 6.01. The van der Waals surface area contributed by atoms with Crippen molar-refractivity contribution in [2.45, 2.75) is 31.8 Å². The summed E-state index contributed by atoms with van der Waals surface area (Å²) in [6.07, 6.45) is 4.49. The molecule has 0 spiro atoms. The first-order valence-electron chi connectivity index (χ1n) is 6.77. The second-order valence-corrected chi connectivity index (χ2v) is 5.00. The fourth-order valence-electron chi connectivity index (χ4n) is 2.84. The van der Waals surface area contributed by atoms with E-state index < -0.39 is 0 Å². The summed E-state index contributed by atoms with van der Waals surface area (Å²) in [5.41, 5.74) is 8.21. The molecule has 1 aliphatic rings. The van der Waals surface area contributed by atoms with Gasteiger partial charge in [-0.2, -0.15) is 0 Å². The lowest BCUT2D eigenvalue weighted by Gasteiger charge is -2.29. The molecule has 1 aromatic carbocycles. The van der Waals surface area contributed by atoms with Gasteiger partial charge in [-0.1, -0.05) is 25.1 Å². The fraction of sp³-hybridized carbons (Fsp3) is 0.467. The molecule has 0 bridgehead atoms. The summed E-state index contributed by atoms with van der Waals surface area (Å²) in [7, 11) is 0. The molecule has 2 N–H and O–H groups in total. The summed E-state index contributed by atoms with van der Waals surface area (Å²) >= 11 is 0. The Morgan fingerprint density at radius 2 is 2.17 bits per heavy atom. The molecule has 0 saturated heterocycles. The smallest absolute Gasteiger partial charge is 0.134 e. The second kappa shape index (κ2) is 4.75. The monoisotopic (exact) mass is 244 g/mol. The molecule has 0 radical (unpaired) electrons. The summed E-state index contributed by atoms with van der Waals surface area (Å²) < 4.78 is 5.64. The second-order valence-electron chi connectivity index (χ2n) is 5.00. The molecule has 0 amide bonds. The van der Waals surface area contributed by atoms with E-state index in [0.29, 0.717) is 6.54 Å². The van der Waals surface area contributed by atoms with Crippen LogP contribution in [0.4, 0.5) is 0 Å². The summed E-state index contributed by atoms with van der Waals surface area (Å²) in [4.78, 5) is 2.51. The Balaban J connectivity index is 1.99. The number of nitrogens with two attached hydrogens (primary N) is 1. The van der Waals surface area contributed by atoms with Crippen molar-refractivity contribution < 1.29 is 4.42 Å². The van der Waals surface area contributed by atoms with Crippen molar-refractivity contribution in [1.29, 1.82) is 0 Å². The number of para-hydroxylation sites is 1. The van der Waals surface area contributed by atoms with Crippen LogP contribution < -0.4 is 5.73 Å². The number of hydrogen-bond donors (Lipinski definition) is 1. The van der Waals surface area contributed by atoms with Gasteiger partial charge in [0.05, 0.1) is 12.3 Å². The number of furan rings is 1. The van der Waals surface area contributed by atoms with E-state index in [9.17, 15) is 0 Å². The number of likely N-dealkylation sites (N-methyl/N-ethyl adjacent to an activating group) is 1. The SMILES string of the molecule is CCN(C1CC1)C(CN)c1coc2ccccc12. The Morgan fingerprint density at radius 3 is 2.83 bits per heavy atom. The lowest BCUT2D eigenvalue weighted by molar-refractivity contribution is 0.202. The minimum Gasteiger partial charge on any atom is -0.464 e. The molecule has 1 atom stereocenters. The van der Waals surface area contributed by atoms with Crippen LogP contribution in [0.3, 0.4) is 0 Å². The molecule has 1 unspecified atom stereocenters. The van der Waals surface area contributed by atoms with Gasteiger partial charge in [-0.25, -0.2) is 0 Å². The molecular formula is C15H20N2O. The Kier molecular flexibility index (Phi) is 3.10. The summed E-state index contributed by atoms with van der Waals surface area (Å²) in [6, 6.07) is 9.20. The van der Waals surface area contributed by atoms with Gasteiger partial charge in [-0.15, -0.1) is 0 Å². The highest BCUT2D eigenvalue weighted by atomic mass is 16.3. The maximum Gasteiger partial charge on any atom is 0.134 e. The Morgan fingerprint density at radius 1 is 1.39 bits per heavy atom. The third kappa shape index (κ3) is 1.93. The predicted octanol–water partition coefficient (Wildman–Crippen LogP) is 2.92. The Hall–Kier alpha value is -1.32. The van der Waals surface area contributed by atoms with Crippen LogP contribution in [-0.2, 0) is 0 Å². The standard InChI is InChI=1S/C15H20N2O/c1-2-17(11-7-8-11)14(9-16)13-10-18-15-6-4-3-5-12(13)15/h3-6,10-11,14H,2,7-9,16H2,1H3. The largest absolute Gasteiger partial charge is 0.464 e. The molecule has 0 aliphatic heterocycles. The van der Waals surface area contributed by atoms with Crippen LogP contribution in [0.5, 0.6) is 0 Å². The van der Waals surface area contributed by atoms with E-state index in [2.05, 4.69) is 24.0 Å². The van der Waals surface area contributed by atoms with Crippen molar-refractivity contribution in [3.63, 3.8) is 0 Å². The van der Waals surface area contributed by atoms with E-state index in [-0.39, 0.29) is 6.04 Å². The number of hydrogen-bond acceptors (Lipinski definition) is 3. The number of benzene rings is 1. The normalized spacial score (nSPS) is 17.5. The first-order valence-corrected chi connectivity index (χ1v) is 6.77. The molecular weight excluding hydrogens is 224 g/mol. The van der Waals surface area contributed by atoms with Gasteiger partial charge in [0.15, 0.2) is 0 Å². The first-order chi connectivity index (χ1) is 8.85. The van der Waals surface area contributed by atoms with Gasteiger partial charge in [0.2, 0.25) is 0 Å². The average Bonchev–Trinajstić information content (AvgIpc) is 3.16. The molecule has 3 rings (SSSR count). The molecule has 1 aromatic heterocycles. The van der Waals surface area contributed by atoms with E-state index >= 15 is 0 Å². The molecule has 2 aromatic rings. The first kappa shape index (κ1) is 11.8. The van der Waals surface area contributed by atoms with Crippen molar-refractivity contribution >= 4 is 11.0 Å². The highest BCUT2D eigenvalue weighted by Crippen LogP contribution is 2.36. The van der Waals surface area contributed by atoms with Crippen LogP contribution >= 0.6 is 0 Å². The van der Waals surface area contributed by atoms with Gasteiger partial charge >= 0.3 is 0 Å². The molecule has 1 heterocycles. The molecule has 1 saturated carbocycles. The topological polar surface area (TPSA) is 42.4 Å². The number of rotatable bonds is 5. The minimum atomic E-state index is 0.283. The zero-order valence-corrected chi connectivity index (χ0v) is 10.8. The summed E-state index contributed by atoms with van der Waals surface area (Å²) in [6.45, 7) is 3.91. The van der Waals surface area contributed by atoms with Gasteiger partial charge in [0.1, 0.15) is 5.58 Å². The van der Waals surface area contributed by atoms with Gasteiger partial charge in [-0.05, 0) is 25.5 Å². The lowest BCUT2D eigenvalue weighted by atomic mass is 10.0. The highest BCUT2D eigenvalue weighted by molar-refractivity contribution is 5.81. The van der Waals surface area contributed by atoms with Crippen LogP contribution in [0.25, 0.3) is 11.0 Å². The lowest BCUT2D eigenvalue weighted by Crippen LogP contribution is -2.35. The maximum atomic E-state index is 6.01. The molecule has 18 heavy (non-hydrogen) atoms. The minimum absolute atomic E-state index is 0.283. The van der Waals surface area contributed by atoms with E-state index in [1.165, 1.54) is 23.8 Å². The third-order valence-corrected chi connectivity index (χ3v) is 3.87. The van der Waals surface area contributed by atoms with Crippen molar-refractivity contribution in [3.8, 4) is 0 Å². The molecule has 1 fully saturated rings. The van der Waals surface area contributed by atoms with Gasteiger partial charge < -0.3 is 10.2 Å². The molecule has 1 aliphatic carbocycles. The molecule has 96 valence electrons. The predicted molar refractivity (Wildman–Crippen MR) is 73.4 cm³/mol. The number of nitrogens with zero attached hydrogens (tertiary/aromatic N) is 1. The van der Waals surface area contributed by atoms with E-state index in [1.54, 1.807) is 0 Å². The zero-order valence-electron chi connectivity index (χ0n) is 10.8. The van der Waals surface area contributed by atoms with Crippen molar-refractivity contribution in [2.24, 2.45) is 5.73 Å². The van der Waals surface area contributed by atoms with Crippen molar-refractivity contribution in [2.75, 3.05) is 13.1 Å². The van der Waals surface area contributed by atoms with Crippen LogP contribution in [0.15, 0.2) is 34.9 Å². The highest BCUT2D eigenvalue weighted by Gasteiger charge is 2.34. The zero-order chi connectivity index (χ0) is 12.5. The van der Waals surface area contributed by atoms with Gasteiger partial charge in [-0.3, -0.25) is 4.90 Å². The van der Waals surface area contributed by atoms with Crippen LogP contribution in [-0.4, -0.2) is 24.0 Å². The molecule has 3 nitrogen and oxygen atoms in total. The molecule has 3 heteroatoms. The van der Waals surface area contributed by atoms with Crippen LogP contribution in [0, 0.1) is 0 Å². The quantitative estimate of drug-likeness (QED) is 0.879. The van der Waals surface area contributed by atoms with Crippen LogP contribution in [0.1, 0.15) is 31.4 Å². The Bertz CT molecular complexity index is 530. The summed E-state index contributed by atoms with van der Waals surface area (Å²) in [5, 5.41) is 1.20. The van der Waals surface area contributed by atoms with E-state index in [0.717, 1.165) is 18.2 Å². The Labute approximate surface area is 108 Å². The van der Waals surface area contributed by atoms with Gasteiger partial charge in [0.25, 0.3) is 0 Å². The third-order valence-electron chi connectivity index (χ3n) is 3.87. The van der Waals surface area contributed by atoms with Crippen LogP contribution in [0.2, 0.25) is 0 Å². The van der Waals surface area contributed by atoms with E-state index in [1.807, 2.05) is 18.4 Å².